The Morgan fingerprint density at radius 1 is 1.03 bits per heavy atom. The Labute approximate surface area is 185 Å². The summed E-state index contributed by atoms with van der Waals surface area (Å²) in [5.74, 6) is -1.00. The molecular formula is C24H25FN2O5. The van der Waals surface area contributed by atoms with Crippen LogP contribution in [0.5, 0.6) is 0 Å². The second-order valence-electron chi connectivity index (χ2n) is 7.40. The van der Waals surface area contributed by atoms with Gasteiger partial charge in [-0.1, -0.05) is 24.3 Å². The molecule has 0 N–H and O–H groups in total. The maximum atomic E-state index is 13.3. The lowest BCUT2D eigenvalue weighted by Crippen LogP contribution is -2.43. The first kappa shape index (κ1) is 23.1. The van der Waals surface area contributed by atoms with Crippen LogP contribution in [0.15, 0.2) is 64.0 Å². The van der Waals surface area contributed by atoms with Crippen LogP contribution in [-0.4, -0.2) is 48.4 Å². The van der Waals surface area contributed by atoms with Crippen molar-refractivity contribution in [3.8, 4) is 0 Å². The van der Waals surface area contributed by atoms with Crippen molar-refractivity contribution >= 4 is 22.8 Å². The molecule has 0 saturated heterocycles. The van der Waals surface area contributed by atoms with Crippen LogP contribution >= 0.6 is 0 Å². The summed E-state index contributed by atoms with van der Waals surface area (Å²) in [6.45, 7) is 1.89. The standard InChI is InChI=1S/C24H25FN2O5/c1-17(28)26(11-12-31-2)15-23(29)27(13-18-7-9-20(25)10-8-18)14-19-16-32-22-6-4-3-5-21(22)24(19)30/h3-10,16H,11-15H2,1-2H3. The maximum absolute atomic E-state index is 13.3. The van der Waals surface area contributed by atoms with Crippen LogP contribution < -0.4 is 5.43 Å². The molecule has 0 unspecified atom stereocenters. The average Bonchev–Trinajstić information content (AvgIpc) is 2.79. The Kier molecular flexibility index (Phi) is 7.72. The van der Waals surface area contributed by atoms with Crippen LogP contribution in [-0.2, 0) is 27.4 Å². The summed E-state index contributed by atoms with van der Waals surface area (Å²) in [7, 11) is 1.51. The van der Waals surface area contributed by atoms with E-state index in [9.17, 15) is 18.8 Å². The van der Waals surface area contributed by atoms with Crippen molar-refractivity contribution in [2.45, 2.75) is 20.0 Å². The average molecular weight is 440 g/mol. The summed E-state index contributed by atoms with van der Waals surface area (Å²) in [5.41, 5.74) is 1.23. The van der Waals surface area contributed by atoms with Gasteiger partial charge in [0.2, 0.25) is 11.8 Å². The molecule has 0 saturated carbocycles. The first-order valence-corrected chi connectivity index (χ1v) is 10.1. The summed E-state index contributed by atoms with van der Waals surface area (Å²) in [6, 6.07) is 12.6. The first-order chi connectivity index (χ1) is 15.4. The van der Waals surface area contributed by atoms with E-state index in [-0.39, 0.29) is 49.2 Å². The summed E-state index contributed by atoms with van der Waals surface area (Å²) >= 11 is 0. The van der Waals surface area contributed by atoms with Crippen LogP contribution in [0.1, 0.15) is 18.1 Å². The molecule has 3 rings (SSSR count). The molecule has 0 atom stereocenters. The van der Waals surface area contributed by atoms with Crippen molar-refractivity contribution < 1.29 is 23.1 Å². The third kappa shape index (κ3) is 5.79. The van der Waals surface area contributed by atoms with Gasteiger partial charge in [0.25, 0.3) is 0 Å². The van der Waals surface area contributed by atoms with Gasteiger partial charge < -0.3 is 19.0 Å². The molecule has 0 radical (unpaired) electrons. The second kappa shape index (κ2) is 10.7. The van der Waals surface area contributed by atoms with Crippen LogP contribution in [0.25, 0.3) is 11.0 Å². The van der Waals surface area contributed by atoms with Gasteiger partial charge in [0.05, 0.1) is 36.9 Å². The number of carbonyl (C=O) groups is 2. The minimum atomic E-state index is -0.385. The maximum Gasteiger partial charge on any atom is 0.242 e. The molecule has 8 heteroatoms. The molecule has 168 valence electrons. The minimum absolute atomic E-state index is 0.0145. The Morgan fingerprint density at radius 2 is 1.75 bits per heavy atom. The highest BCUT2D eigenvalue weighted by Crippen LogP contribution is 2.14. The second-order valence-corrected chi connectivity index (χ2v) is 7.40. The first-order valence-electron chi connectivity index (χ1n) is 10.1. The number of amides is 2. The summed E-state index contributed by atoms with van der Waals surface area (Å²) in [6.07, 6.45) is 1.35. The highest BCUT2D eigenvalue weighted by Gasteiger charge is 2.21. The number of nitrogens with zero attached hydrogens (tertiary/aromatic N) is 2. The molecule has 1 aromatic heterocycles. The molecule has 32 heavy (non-hydrogen) atoms. The number of halogens is 1. The predicted molar refractivity (Wildman–Crippen MR) is 117 cm³/mol. The molecule has 0 aliphatic carbocycles. The summed E-state index contributed by atoms with van der Waals surface area (Å²) in [5, 5.41) is 0.421. The SMILES string of the molecule is COCCN(CC(=O)N(Cc1ccc(F)cc1)Cc1coc2ccccc2c1=O)C(C)=O. The minimum Gasteiger partial charge on any atom is -0.464 e. The molecule has 0 fully saturated rings. The molecule has 0 aliphatic rings. The Hall–Kier alpha value is -3.52. The van der Waals surface area contributed by atoms with Crippen molar-refractivity contribution in [3.05, 3.63) is 82.0 Å². The van der Waals surface area contributed by atoms with Gasteiger partial charge in [-0.3, -0.25) is 14.4 Å². The fourth-order valence-corrected chi connectivity index (χ4v) is 3.29. The highest BCUT2D eigenvalue weighted by molar-refractivity contribution is 5.84. The van der Waals surface area contributed by atoms with Gasteiger partial charge in [0.1, 0.15) is 11.4 Å². The number of ether oxygens (including phenoxy) is 1. The van der Waals surface area contributed by atoms with Crippen LogP contribution in [0.3, 0.4) is 0 Å². The number of rotatable bonds is 9. The van der Waals surface area contributed by atoms with Crippen LogP contribution in [0.4, 0.5) is 4.39 Å². The van der Waals surface area contributed by atoms with E-state index >= 15 is 0 Å². The van der Waals surface area contributed by atoms with E-state index in [1.54, 1.807) is 36.4 Å². The molecule has 2 amide bonds. The van der Waals surface area contributed by atoms with Gasteiger partial charge in [-0.05, 0) is 29.8 Å². The third-order valence-corrected chi connectivity index (χ3v) is 5.09. The number of methoxy groups -OCH3 is 1. The van der Waals surface area contributed by atoms with Crippen LogP contribution in [0.2, 0.25) is 0 Å². The van der Waals surface area contributed by atoms with E-state index in [0.717, 1.165) is 0 Å². The number of fused-ring (bicyclic) bond motifs is 1. The molecule has 0 spiro atoms. The molecule has 7 nitrogen and oxygen atoms in total. The Bertz CT molecular complexity index is 1140. The van der Waals surface area contributed by atoms with E-state index in [2.05, 4.69) is 0 Å². The molecule has 1 heterocycles. The monoisotopic (exact) mass is 440 g/mol. The quantitative estimate of drug-likeness (QED) is 0.511. The topological polar surface area (TPSA) is 80.1 Å². The molecular weight excluding hydrogens is 415 g/mol. The van der Waals surface area contributed by atoms with Gasteiger partial charge in [0.15, 0.2) is 5.43 Å². The number of hydrogen-bond acceptors (Lipinski definition) is 5. The largest absolute Gasteiger partial charge is 0.464 e. The van der Waals surface area contributed by atoms with E-state index in [1.165, 1.54) is 42.2 Å². The number of hydrogen-bond donors (Lipinski definition) is 0. The van der Waals surface area contributed by atoms with Gasteiger partial charge in [0, 0.05) is 27.1 Å². The van der Waals surface area contributed by atoms with Gasteiger partial charge in [-0.2, -0.15) is 0 Å². The summed E-state index contributed by atoms with van der Waals surface area (Å²) in [4.78, 5) is 40.9. The van der Waals surface area contributed by atoms with Gasteiger partial charge in [-0.25, -0.2) is 4.39 Å². The zero-order chi connectivity index (χ0) is 23.1. The lowest BCUT2D eigenvalue weighted by atomic mass is 10.1. The lowest BCUT2D eigenvalue weighted by molar-refractivity contribution is -0.140. The van der Waals surface area contributed by atoms with Crippen molar-refractivity contribution in [1.29, 1.82) is 0 Å². The van der Waals surface area contributed by atoms with E-state index < -0.39 is 0 Å². The van der Waals surface area contributed by atoms with Gasteiger partial charge in [-0.15, -0.1) is 0 Å². The third-order valence-electron chi connectivity index (χ3n) is 5.09. The fraction of sp³-hybridized carbons (Fsp3) is 0.292. The van der Waals surface area contributed by atoms with Crippen LogP contribution in [0, 0.1) is 5.82 Å². The number of benzene rings is 2. The van der Waals surface area contributed by atoms with Crippen molar-refractivity contribution in [2.24, 2.45) is 0 Å². The Balaban J connectivity index is 1.88. The zero-order valence-corrected chi connectivity index (χ0v) is 18.0. The van der Waals surface area contributed by atoms with Gasteiger partial charge >= 0.3 is 0 Å². The lowest BCUT2D eigenvalue weighted by Gasteiger charge is -2.27. The van der Waals surface area contributed by atoms with E-state index in [1.807, 2.05) is 0 Å². The zero-order valence-electron chi connectivity index (χ0n) is 18.0. The summed E-state index contributed by atoms with van der Waals surface area (Å²) < 4.78 is 23.9. The van der Waals surface area contributed by atoms with Crippen molar-refractivity contribution in [1.82, 2.24) is 9.80 Å². The highest BCUT2D eigenvalue weighted by atomic mass is 19.1. The molecule has 0 aliphatic heterocycles. The fourth-order valence-electron chi connectivity index (χ4n) is 3.29. The van der Waals surface area contributed by atoms with Crippen molar-refractivity contribution in [2.75, 3.05) is 26.8 Å². The van der Waals surface area contributed by atoms with Crippen molar-refractivity contribution in [3.63, 3.8) is 0 Å². The van der Waals surface area contributed by atoms with E-state index in [4.69, 9.17) is 9.15 Å². The van der Waals surface area contributed by atoms with E-state index in [0.29, 0.717) is 28.7 Å². The molecule has 3 aromatic rings. The Morgan fingerprint density at radius 3 is 2.44 bits per heavy atom. The number of para-hydroxylation sites is 1. The normalized spacial score (nSPS) is 10.8. The number of carbonyl (C=O) groups excluding carboxylic acids is 2. The predicted octanol–water partition coefficient (Wildman–Crippen LogP) is 2.96. The molecule has 2 aromatic carbocycles. The smallest absolute Gasteiger partial charge is 0.242 e. The molecule has 0 bridgehead atoms.